The molecule has 1 saturated carbocycles. The standard InChI is InChI=1S/C16H23FN2OS/c1-11(2)19-16(15(18)20)8-4-7-14(10-16)21-13-6-3-5-12(17)9-13/h3,5-6,9,11,14,19H,4,7-8,10H2,1-2H3,(H2,18,20). The van der Waals surface area contributed by atoms with Crippen LogP contribution in [0.1, 0.15) is 39.5 Å². The molecule has 0 bridgehead atoms. The van der Waals surface area contributed by atoms with E-state index in [4.69, 9.17) is 5.73 Å². The Balaban J connectivity index is 2.10. The monoisotopic (exact) mass is 310 g/mol. The normalized spacial score (nSPS) is 26.0. The van der Waals surface area contributed by atoms with E-state index in [1.807, 2.05) is 19.9 Å². The van der Waals surface area contributed by atoms with E-state index in [0.29, 0.717) is 6.42 Å². The average Bonchev–Trinajstić information content (AvgIpc) is 2.38. The molecule has 21 heavy (non-hydrogen) atoms. The summed E-state index contributed by atoms with van der Waals surface area (Å²) in [7, 11) is 0. The van der Waals surface area contributed by atoms with Crippen molar-refractivity contribution in [2.24, 2.45) is 5.73 Å². The number of hydrogen-bond donors (Lipinski definition) is 2. The van der Waals surface area contributed by atoms with Crippen molar-refractivity contribution in [3.8, 4) is 0 Å². The molecule has 3 N–H and O–H groups in total. The second-order valence-electron chi connectivity index (χ2n) is 6.04. The molecule has 0 heterocycles. The number of carbonyl (C=O) groups is 1. The maximum Gasteiger partial charge on any atom is 0.237 e. The van der Waals surface area contributed by atoms with Gasteiger partial charge in [-0.25, -0.2) is 4.39 Å². The first-order valence-corrected chi connectivity index (χ1v) is 8.29. The van der Waals surface area contributed by atoms with E-state index in [9.17, 15) is 9.18 Å². The fourth-order valence-electron chi connectivity index (χ4n) is 3.04. The largest absolute Gasteiger partial charge is 0.368 e. The molecule has 1 aliphatic rings. The zero-order valence-electron chi connectivity index (χ0n) is 12.6. The summed E-state index contributed by atoms with van der Waals surface area (Å²) in [4.78, 5) is 12.9. The number of hydrogen-bond acceptors (Lipinski definition) is 3. The van der Waals surface area contributed by atoms with E-state index >= 15 is 0 Å². The number of nitrogens with two attached hydrogens (primary N) is 1. The molecule has 0 aliphatic heterocycles. The first kappa shape index (κ1) is 16.3. The van der Waals surface area contributed by atoms with Gasteiger partial charge in [-0.3, -0.25) is 4.79 Å². The van der Waals surface area contributed by atoms with Crippen LogP contribution in [-0.4, -0.2) is 22.7 Å². The van der Waals surface area contributed by atoms with Crippen LogP contribution in [0.4, 0.5) is 4.39 Å². The predicted octanol–water partition coefficient (Wildman–Crippen LogP) is 3.08. The highest BCUT2D eigenvalue weighted by Crippen LogP contribution is 2.38. The molecule has 1 aliphatic carbocycles. The summed E-state index contributed by atoms with van der Waals surface area (Å²) < 4.78 is 13.3. The molecule has 1 amide bonds. The van der Waals surface area contributed by atoms with Crippen molar-refractivity contribution in [1.82, 2.24) is 5.32 Å². The van der Waals surface area contributed by atoms with Crippen molar-refractivity contribution in [2.75, 3.05) is 0 Å². The zero-order chi connectivity index (χ0) is 15.5. The molecule has 116 valence electrons. The molecule has 1 fully saturated rings. The third-order valence-electron chi connectivity index (χ3n) is 3.84. The summed E-state index contributed by atoms with van der Waals surface area (Å²) in [6.45, 7) is 4.04. The Morgan fingerprint density at radius 1 is 1.52 bits per heavy atom. The molecule has 0 radical (unpaired) electrons. The highest BCUT2D eigenvalue weighted by Gasteiger charge is 2.41. The van der Waals surface area contributed by atoms with E-state index < -0.39 is 5.54 Å². The van der Waals surface area contributed by atoms with E-state index in [0.717, 1.165) is 24.2 Å². The van der Waals surface area contributed by atoms with Crippen molar-refractivity contribution in [1.29, 1.82) is 0 Å². The Morgan fingerprint density at radius 2 is 2.29 bits per heavy atom. The molecule has 5 heteroatoms. The second-order valence-corrected chi connectivity index (χ2v) is 7.41. The number of amides is 1. The van der Waals surface area contributed by atoms with Gasteiger partial charge in [0.15, 0.2) is 0 Å². The maximum atomic E-state index is 13.3. The van der Waals surface area contributed by atoms with Crippen LogP contribution in [0.25, 0.3) is 0 Å². The lowest BCUT2D eigenvalue weighted by Gasteiger charge is -2.40. The molecule has 2 unspecified atom stereocenters. The van der Waals surface area contributed by atoms with Gasteiger partial charge in [-0.05, 0) is 57.7 Å². The number of carbonyl (C=O) groups excluding carboxylic acids is 1. The molecule has 2 rings (SSSR count). The van der Waals surface area contributed by atoms with E-state index in [1.165, 1.54) is 6.07 Å². The van der Waals surface area contributed by atoms with Crippen molar-refractivity contribution in [3.63, 3.8) is 0 Å². The molecular formula is C16H23FN2OS. The molecular weight excluding hydrogens is 287 g/mol. The number of rotatable bonds is 5. The highest BCUT2D eigenvalue weighted by molar-refractivity contribution is 8.00. The Bertz CT molecular complexity index is 509. The number of nitrogens with one attached hydrogen (secondary N) is 1. The minimum atomic E-state index is -0.628. The van der Waals surface area contributed by atoms with Gasteiger partial charge < -0.3 is 11.1 Å². The van der Waals surface area contributed by atoms with Crippen LogP contribution < -0.4 is 11.1 Å². The van der Waals surface area contributed by atoms with Crippen molar-refractivity contribution in [3.05, 3.63) is 30.1 Å². The minimum absolute atomic E-state index is 0.204. The van der Waals surface area contributed by atoms with E-state index in [-0.39, 0.29) is 23.0 Å². The van der Waals surface area contributed by atoms with Gasteiger partial charge in [0.2, 0.25) is 5.91 Å². The molecule has 3 nitrogen and oxygen atoms in total. The fourth-order valence-corrected chi connectivity index (χ4v) is 4.41. The summed E-state index contributed by atoms with van der Waals surface area (Å²) in [5.74, 6) is -0.502. The van der Waals surface area contributed by atoms with Crippen LogP contribution >= 0.6 is 11.8 Å². The van der Waals surface area contributed by atoms with Gasteiger partial charge in [-0.2, -0.15) is 0 Å². The van der Waals surface area contributed by atoms with Crippen LogP contribution in [0, 0.1) is 5.82 Å². The molecule has 0 saturated heterocycles. The summed E-state index contributed by atoms with van der Waals surface area (Å²) in [6, 6.07) is 6.81. The lowest BCUT2D eigenvalue weighted by Crippen LogP contribution is -2.60. The van der Waals surface area contributed by atoms with Crippen LogP contribution in [0.2, 0.25) is 0 Å². The average molecular weight is 310 g/mol. The number of primary amides is 1. The number of halogens is 1. The summed E-state index contributed by atoms with van der Waals surface area (Å²) in [6.07, 6.45) is 3.45. The van der Waals surface area contributed by atoms with Gasteiger partial charge in [0.05, 0.1) is 5.54 Å². The van der Waals surface area contributed by atoms with Gasteiger partial charge in [0.25, 0.3) is 0 Å². The Hall–Kier alpha value is -1.07. The van der Waals surface area contributed by atoms with E-state index in [1.54, 1.807) is 23.9 Å². The smallest absolute Gasteiger partial charge is 0.237 e. The first-order chi connectivity index (χ1) is 9.91. The van der Waals surface area contributed by atoms with E-state index in [2.05, 4.69) is 5.32 Å². The zero-order valence-corrected chi connectivity index (χ0v) is 13.4. The fraction of sp³-hybridized carbons (Fsp3) is 0.562. The Morgan fingerprint density at radius 3 is 2.90 bits per heavy atom. The third kappa shape index (κ3) is 4.20. The predicted molar refractivity (Wildman–Crippen MR) is 84.7 cm³/mol. The summed E-state index contributed by atoms with van der Waals surface area (Å²) >= 11 is 1.64. The van der Waals surface area contributed by atoms with Crippen LogP contribution in [0.3, 0.4) is 0 Å². The van der Waals surface area contributed by atoms with Gasteiger partial charge in [-0.15, -0.1) is 11.8 Å². The topological polar surface area (TPSA) is 55.1 Å². The van der Waals surface area contributed by atoms with Gasteiger partial charge >= 0.3 is 0 Å². The van der Waals surface area contributed by atoms with Crippen LogP contribution in [0.15, 0.2) is 29.2 Å². The van der Waals surface area contributed by atoms with Crippen molar-refractivity contribution < 1.29 is 9.18 Å². The van der Waals surface area contributed by atoms with Gasteiger partial charge in [-0.1, -0.05) is 6.07 Å². The number of benzene rings is 1. The van der Waals surface area contributed by atoms with Crippen molar-refractivity contribution in [2.45, 2.75) is 61.3 Å². The van der Waals surface area contributed by atoms with Crippen LogP contribution in [0.5, 0.6) is 0 Å². The quantitative estimate of drug-likeness (QED) is 0.879. The molecule has 0 aromatic heterocycles. The summed E-state index contributed by atoms with van der Waals surface area (Å²) in [5.41, 5.74) is 5.03. The maximum absolute atomic E-state index is 13.3. The van der Waals surface area contributed by atoms with Gasteiger partial charge in [0.1, 0.15) is 5.82 Å². The second kappa shape index (κ2) is 6.79. The number of thioether (sulfide) groups is 1. The third-order valence-corrected chi connectivity index (χ3v) is 5.10. The Labute approximate surface area is 129 Å². The first-order valence-electron chi connectivity index (χ1n) is 7.41. The Kier molecular flexibility index (Phi) is 5.27. The SMILES string of the molecule is CC(C)NC1(C(N)=O)CCCC(Sc2cccc(F)c2)C1. The summed E-state index contributed by atoms with van der Waals surface area (Å²) in [5, 5.41) is 3.64. The lowest BCUT2D eigenvalue weighted by atomic mass is 9.80. The molecule has 1 aromatic rings. The van der Waals surface area contributed by atoms with Crippen LogP contribution in [-0.2, 0) is 4.79 Å². The molecule has 1 aromatic carbocycles. The minimum Gasteiger partial charge on any atom is -0.368 e. The lowest BCUT2D eigenvalue weighted by molar-refractivity contribution is -0.126. The molecule has 0 spiro atoms. The molecule has 2 atom stereocenters. The highest BCUT2D eigenvalue weighted by atomic mass is 32.2. The van der Waals surface area contributed by atoms with Crippen molar-refractivity contribution >= 4 is 17.7 Å². The van der Waals surface area contributed by atoms with Gasteiger partial charge in [0, 0.05) is 16.2 Å².